The minimum Gasteiger partial charge on any atom is -0.455 e. The number of nitro benzene ring substituents is 1. The molecule has 0 fully saturated rings. The third-order valence-corrected chi connectivity index (χ3v) is 4.34. The summed E-state index contributed by atoms with van der Waals surface area (Å²) in [6, 6.07) is 22.7. The van der Waals surface area contributed by atoms with Gasteiger partial charge in [0, 0.05) is 23.3 Å². The van der Waals surface area contributed by atoms with Crippen molar-refractivity contribution in [2.24, 2.45) is 5.10 Å². The smallest absolute Gasteiger partial charge is 0.271 e. The minimum absolute atomic E-state index is 0.0169. The molecule has 1 N–H and O–H groups in total. The highest BCUT2D eigenvalue weighted by molar-refractivity contribution is 5.98. The maximum absolute atomic E-state index is 12.3. The Morgan fingerprint density at radius 1 is 0.966 bits per heavy atom. The molecule has 142 valence electrons. The molecule has 3 aromatic carbocycles. The van der Waals surface area contributed by atoms with Gasteiger partial charge in [0.25, 0.3) is 11.6 Å². The van der Waals surface area contributed by atoms with E-state index in [2.05, 4.69) is 10.5 Å². The summed E-state index contributed by atoms with van der Waals surface area (Å²) < 4.78 is 5.63. The highest BCUT2D eigenvalue weighted by Crippen LogP contribution is 2.25. The average molecular weight is 385 g/mol. The number of non-ortho nitro benzene ring substituents is 1. The first kappa shape index (κ1) is 18.1. The molecular formula is C22H15N3O4. The van der Waals surface area contributed by atoms with Crippen LogP contribution in [0.4, 0.5) is 5.69 Å². The van der Waals surface area contributed by atoms with Gasteiger partial charge in [-0.2, -0.15) is 5.10 Å². The number of nitrogens with zero attached hydrogens (tertiary/aromatic N) is 2. The SMILES string of the molecule is O=C(N/N=C\c1ccc(-c2cccc([N+](=O)[O-])c2)o1)c1ccc2ccccc2c1. The van der Waals surface area contributed by atoms with Gasteiger partial charge in [0.2, 0.25) is 0 Å². The Morgan fingerprint density at radius 3 is 2.62 bits per heavy atom. The number of carbonyl (C=O) groups is 1. The molecular weight excluding hydrogens is 370 g/mol. The maximum atomic E-state index is 12.3. The van der Waals surface area contributed by atoms with Crippen molar-refractivity contribution < 1.29 is 14.1 Å². The van der Waals surface area contributed by atoms with E-state index in [0.29, 0.717) is 22.6 Å². The number of carbonyl (C=O) groups excluding carboxylic acids is 1. The van der Waals surface area contributed by atoms with Gasteiger partial charge in [0.1, 0.15) is 11.5 Å². The predicted molar refractivity (Wildman–Crippen MR) is 110 cm³/mol. The summed E-state index contributed by atoms with van der Waals surface area (Å²) in [5, 5.41) is 16.8. The Bertz CT molecular complexity index is 1240. The molecule has 4 rings (SSSR count). The zero-order chi connectivity index (χ0) is 20.2. The average Bonchev–Trinajstić information content (AvgIpc) is 3.22. The topological polar surface area (TPSA) is 97.7 Å². The van der Waals surface area contributed by atoms with E-state index in [9.17, 15) is 14.9 Å². The predicted octanol–water partition coefficient (Wildman–Crippen LogP) is 4.77. The summed E-state index contributed by atoms with van der Waals surface area (Å²) in [6.45, 7) is 0. The van der Waals surface area contributed by atoms with Crippen molar-refractivity contribution in [2.75, 3.05) is 0 Å². The van der Waals surface area contributed by atoms with E-state index >= 15 is 0 Å². The molecule has 0 aliphatic carbocycles. The number of furan rings is 1. The van der Waals surface area contributed by atoms with Crippen molar-refractivity contribution in [3.05, 3.63) is 100 Å². The second-order valence-electron chi connectivity index (χ2n) is 6.27. The number of fused-ring (bicyclic) bond motifs is 1. The lowest BCUT2D eigenvalue weighted by Crippen LogP contribution is -2.17. The molecule has 7 nitrogen and oxygen atoms in total. The first-order chi connectivity index (χ1) is 14.1. The van der Waals surface area contributed by atoms with Gasteiger partial charge in [-0.3, -0.25) is 14.9 Å². The Morgan fingerprint density at radius 2 is 1.79 bits per heavy atom. The van der Waals surface area contributed by atoms with Crippen LogP contribution in [0.1, 0.15) is 16.1 Å². The number of amides is 1. The molecule has 0 aliphatic heterocycles. The number of hydrogen-bond donors (Lipinski definition) is 1. The molecule has 0 radical (unpaired) electrons. The van der Waals surface area contributed by atoms with Crippen LogP contribution in [0.2, 0.25) is 0 Å². The van der Waals surface area contributed by atoms with Crippen LogP contribution in [0.25, 0.3) is 22.1 Å². The molecule has 0 spiro atoms. The third kappa shape index (κ3) is 4.03. The zero-order valence-corrected chi connectivity index (χ0v) is 15.1. The number of rotatable bonds is 5. The van der Waals surface area contributed by atoms with Crippen LogP contribution in [-0.2, 0) is 0 Å². The van der Waals surface area contributed by atoms with Crippen LogP contribution >= 0.6 is 0 Å². The first-order valence-corrected chi connectivity index (χ1v) is 8.77. The van der Waals surface area contributed by atoms with Crippen LogP contribution in [0.15, 0.2) is 88.4 Å². The van der Waals surface area contributed by atoms with Crippen molar-refractivity contribution in [1.82, 2.24) is 5.43 Å². The monoisotopic (exact) mass is 385 g/mol. The van der Waals surface area contributed by atoms with Crippen LogP contribution in [-0.4, -0.2) is 17.0 Å². The number of benzene rings is 3. The fraction of sp³-hybridized carbons (Fsp3) is 0. The summed E-state index contributed by atoms with van der Waals surface area (Å²) in [4.78, 5) is 22.7. The summed E-state index contributed by atoms with van der Waals surface area (Å²) in [5.41, 5.74) is 3.53. The standard InChI is InChI=1S/C22H15N3O4/c26-22(18-9-8-15-4-1-2-5-16(15)12-18)24-23-14-20-10-11-21(29-20)17-6-3-7-19(13-17)25(27)28/h1-14H,(H,24,26)/b23-14-. The van der Waals surface area contributed by atoms with Crippen molar-refractivity contribution >= 4 is 28.6 Å². The number of hydrazone groups is 1. The lowest BCUT2D eigenvalue weighted by Gasteiger charge is -2.02. The van der Waals surface area contributed by atoms with E-state index in [1.54, 1.807) is 36.4 Å². The number of nitro groups is 1. The zero-order valence-electron chi connectivity index (χ0n) is 15.1. The van der Waals surface area contributed by atoms with Crippen LogP contribution < -0.4 is 5.43 Å². The normalized spacial score (nSPS) is 11.0. The van der Waals surface area contributed by atoms with E-state index < -0.39 is 4.92 Å². The van der Waals surface area contributed by atoms with E-state index in [1.807, 2.05) is 30.3 Å². The molecule has 0 saturated heterocycles. The van der Waals surface area contributed by atoms with Crippen LogP contribution in [0, 0.1) is 10.1 Å². The van der Waals surface area contributed by atoms with E-state index in [1.165, 1.54) is 18.3 Å². The summed E-state index contributed by atoms with van der Waals surface area (Å²) in [5.74, 6) is 0.541. The summed E-state index contributed by atoms with van der Waals surface area (Å²) >= 11 is 0. The molecule has 1 heterocycles. The van der Waals surface area contributed by atoms with Gasteiger partial charge in [-0.05, 0) is 35.0 Å². The van der Waals surface area contributed by atoms with E-state index in [0.717, 1.165) is 10.8 Å². The maximum Gasteiger partial charge on any atom is 0.271 e. The van der Waals surface area contributed by atoms with Gasteiger partial charge in [-0.25, -0.2) is 5.43 Å². The van der Waals surface area contributed by atoms with Gasteiger partial charge in [0.15, 0.2) is 0 Å². The molecule has 0 aliphatic rings. The molecule has 0 saturated carbocycles. The van der Waals surface area contributed by atoms with E-state index in [4.69, 9.17) is 4.42 Å². The lowest BCUT2D eigenvalue weighted by atomic mass is 10.1. The van der Waals surface area contributed by atoms with Crippen molar-refractivity contribution in [3.8, 4) is 11.3 Å². The highest BCUT2D eigenvalue weighted by atomic mass is 16.6. The molecule has 0 atom stereocenters. The van der Waals surface area contributed by atoms with Gasteiger partial charge in [0.05, 0.1) is 11.1 Å². The molecule has 0 bridgehead atoms. The number of nitrogens with one attached hydrogen (secondary N) is 1. The Hall–Kier alpha value is -4.26. The van der Waals surface area contributed by atoms with Crippen LogP contribution in [0.3, 0.4) is 0 Å². The molecule has 4 aromatic rings. The largest absolute Gasteiger partial charge is 0.455 e. The molecule has 7 heteroatoms. The second kappa shape index (κ2) is 7.77. The van der Waals surface area contributed by atoms with Crippen molar-refractivity contribution in [3.63, 3.8) is 0 Å². The van der Waals surface area contributed by atoms with Crippen molar-refractivity contribution in [1.29, 1.82) is 0 Å². The summed E-state index contributed by atoms with van der Waals surface area (Å²) in [7, 11) is 0. The third-order valence-electron chi connectivity index (χ3n) is 4.34. The Kier molecular flexibility index (Phi) is 4.86. The molecule has 0 unspecified atom stereocenters. The Balaban J connectivity index is 1.45. The van der Waals surface area contributed by atoms with Gasteiger partial charge in [-0.15, -0.1) is 0 Å². The van der Waals surface area contributed by atoms with Gasteiger partial charge >= 0.3 is 0 Å². The summed E-state index contributed by atoms with van der Waals surface area (Å²) in [6.07, 6.45) is 1.37. The van der Waals surface area contributed by atoms with Crippen LogP contribution in [0.5, 0.6) is 0 Å². The van der Waals surface area contributed by atoms with Gasteiger partial charge in [-0.1, -0.05) is 42.5 Å². The minimum atomic E-state index is -0.461. The van der Waals surface area contributed by atoms with Gasteiger partial charge < -0.3 is 4.42 Å². The van der Waals surface area contributed by atoms with E-state index in [-0.39, 0.29) is 11.6 Å². The molecule has 29 heavy (non-hydrogen) atoms. The fourth-order valence-electron chi connectivity index (χ4n) is 2.90. The Labute approximate surface area is 165 Å². The fourth-order valence-corrected chi connectivity index (χ4v) is 2.90. The second-order valence-corrected chi connectivity index (χ2v) is 6.27. The lowest BCUT2D eigenvalue weighted by molar-refractivity contribution is -0.384. The number of hydrogen-bond acceptors (Lipinski definition) is 5. The quantitative estimate of drug-likeness (QED) is 0.304. The first-order valence-electron chi connectivity index (χ1n) is 8.77. The highest BCUT2D eigenvalue weighted by Gasteiger charge is 2.10. The molecule has 1 amide bonds. The molecule has 1 aromatic heterocycles. The van der Waals surface area contributed by atoms with Crippen molar-refractivity contribution in [2.45, 2.75) is 0 Å².